The van der Waals surface area contributed by atoms with Gasteiger partial charge in [-0.1, -0.05) is 34.1 Å². The van der Waals surface area contributed by atoms with E-state index < -0.39 is 102 Å². The first kappa shape index (κ1) is 67.3. The highest BCUT2D eigenvalue weighted by molar-refractivity contribution is 8.00. The van der Waals surface area contributed by atoms with E-state index in [1.54, 1.807) is 24.2 Å². The molecule has 1 fully saturated rings. The van der Waals surface area contributed by atoms with Crippen LogP contribution in [0.4, 0.5) is 0 Å². The molecule has 2 aliphatic rings. The number of amides is 9. The number of hydrogen-bond acceptors (Lipinski definition) is 16. The summed E-state index contributed by atoms with van der Waals surface area (Å²) in [5.41, 5.74) is 12.0. The first-order valence-corrected chi connectivity index (χ1v) is 30.3. The number of nitrogens with one attached hydrogen (secondary N) is 9. The summed E-state index contributed by atoms with van der Waals surface area (Å²) < 4.78 is 0. The largest absolute Gasteiger partial charge is 0.388 e. The summed E-state index contributed by atoms with van der Waals surface area (Å²) in [6.07, 6.45) is 7.38. The third-order valence-electron chi connectivity index (χ3n) is 12.0. The number of primary amides is 1. The number of ketones is 1. The molecule has 9 atom stereocenters. The minimum Gasteiger partial charge on any atom is -0.388 e. The van der Waals surface area contributed by atoms with Crippen molar-refractivity contribution < 1.29 is 47.9 Å². The second kappa shape index (κ2) is 36.3. The molecule has 0 saturated carbocycles. The van der Waals surface area contributed by atoms with Crippen LogP contribution in [-0.2, 0) is 47.9 Å². The van der Waals surface area contributed by atoms with Gasteiger partial charge in [-0.25, -0.2) is 0 Å². The molecule has 76 heavy (non-hydrogen) atoms. The molecular weight excluding hydrogens is 1060 g/mol. The van der Waals surface area contributed by atoms with Gasteiger partial charge in [0.2, 0.25) is 53.2 Å². The maximum Gasteiger partial charge on any atom is 0.244 e. The molecule has 0 bridgehead atoms. The van der Waals surface area contributed by atoms with Crippen LogP contribution in [0, 0.1) is 23.2 Å². The Morgan fingerprint density at radius 3 is 1.99 bits per heavy atom. The molecule has 26 heteroatoms. The molecule has 0 aromatic heterocycles. The Hall–Kier alpha value is -4.82. The predicted molar refractivity (Wildman–Crippen MR) is 305 cm³/mol. The van der Waals surface area contributed by atoms with Crippen LogP contribution >= 0.6 is 47.9 Å². The van der Waals surface area contributed by atoms with Gasteiger partial charge in [0.1, 0.15) is 48.1 Å². The molecular formula is C50H84N12O10S4. The Bertz CT molecular complexity index is 2060. The Morgan fingerprint density at radius 2 is 1.39 bits per heavy atom. The van der Waals surface area contributed by atoms with Crippen LogP contribution in [0.3, 0.4) is 0 Å². The van der Waals surface area contributed by atoms with Crippen molar-refractivity contribution in [2.24, 2.45) is 34.2 Å². The number of thiol groups is 1. The van der Waals surface area contributed by atoms with Gasteiger partial charge in [0.05, 0.1) is 12.3 Å². The van der Waals surface area contributed by atoms with Gasteiger partial charge < -0.3 is 58.8 Å². The van der Waals surface area contributed by atoms with Crippen molar-refractivity contribution in [2.75, 3.05) is 40.8 Å². The van der Waals surface area contributed by atoms with Crippen LogP contribution < -0.4 is 54.0 Å². The second-order valence-corrected chi connectivity index (χ2v) is 23.8. The highest BCUT2D eigenvalue weighted by Crippen LogP contribution is 2.19. The molecule has 1 unspecified atom stereocenters. The number of aliphatic imine (C=N–C) groups is 1. The van der Waals surface area contributed by atoms with E-state index >= 15 is 0 Å². The highest BCUT2D eigenvalue weighted by atomic mass is 32.2. The number of unbranched alkanes of at least 4 members (excludes halogenated alkanes) is 1. The highest BCUT2D eigenvalue weighted by Gasteiger charge is 2.36. The number of amidine groups is 1. The van der Waals surface area contributed by atoms with Crippen molar-refractivity contribution >= 4 is 119 Å². The lowest BCUT2D eigenvalue weighted by atomic mass is 9.91. The molecule has 0 aliphatic carbocycles. The zero-order chi connectivity index (χ0) is 56.9. The minimum atomic E-state index is -1.66. The van der Waals surface area contributed by atoms with Crippen LogP contribution in [0.2, 0.25) is 0 Å². The van der Waals surface area contributed by atoms with E-state index in [1.165, 1.54) is 30.4 Å². The molecule has 2 heterocycles. The van der Waals surface area contributed by atoms with E-state index in [9.17, 15) is 47.9 Å². The SMILES string of the molecule is CSCC[C@H]1NC(=O)C(NC(=O)[C@H](CC(N)=O)NC(=O)[C@H](CCCCC(=N)N)NC(=O)[C@H](CS)NC(=O)[C@@H](CC(C)=O)CC(C)C)CSCCCSC[C@@H](C)NC(=O)[C@@H](CC2=CN=CC2)NC(=O)[C@H](CC(C)C)NC1=O. The second-order valence-electron chi connectivity index (χ2n) is 20.1. The number of thioether (sulfide) groups is 3. The van der Waals surface area contributed by atoms with E-state index in [0.29, 0.717) is 48.7 Å². The van der Waals surface area contributed by atoms with Crippen molar-refractivity contribution in [3.8, 4) is 0 Å². The topological polar surface area (TPSA) is 355 Å². The van der Waals surface area contributed by atoms with E-state index in [2.05, 4.69) is 60.2 Å². The lowest BCUT2D eigenvalue weighted by molar-refractivity contribution is -0.136. The van der Waals surface area contributed by atoms with Gasteiger partial charge in [-0.3, -0.25) is 53.6 Å². The summed E-state index contributed by atoms with van der Waals surface area (Å²) in [4.78, 5) is 141. The summed E-state index contributed by atoms with van der Waals surface area (Å²) in [7, 11) is 0. The fourth-order valence-electron chi connectivity index (χ4n) is 8.15. The van der Waals surface area contributed by atoms with Crippen molar-refractivity contribution in [2.45, 2.75) is 167 Å². The molecule has 2 aliphatic heterocycles. The summed E-state index contributed by atoms with van der Waals surface area (Å²) in [5.74, 6) is -5.55. The van der Waals surface area contributed by atoms with Gasteiger partial charge in [0.15, 0.2) is 0 Å². The van der Waals surface area contributed by atoms with Crippen molar-refractivity contribution in [1.82, 2.24) is 42.5 Å². The van der Waals surface area contributed by atoms with Crippen LogP contribution in [0.5, 0.6) is 0 Å². The van der Waals surface area contributed by atoms with Crippen molar-refractivity contribution in [3.05, 3.63) is 11.8 Å². The molecule has 0 radical (unpaired) electrons. The third kappa shape index (κ3) is 27.0. The van der Waals surface area contributed by atoms with E-state index in [1.807, 2.05) is 40.9 Å². The van der Waals surface area contributed by atoms with E-state index in [-0.39, 0.29) is 91.9 Å². The maximum atomic E-state index is 14.4. The molecule has 22 nitrogen and oxygen atoms in total. The average Bonchev–Trinajstić information content (AvgIpc) is 3.85. The van der Waals surface area contributed by atoms with Crippen LogP contribution in [0.1, 0.15) is 119 Å². The van der Waals surface area contributed by atoms with Crippen LogP contribution in [-0.4, -0.2) is 160 Å². The molecule has 13 N–H and O–H groups in total. The quantitative estimate of drug-likeness (QED) is 0.0239. The standard InChI is InChI=1S/C50H84N12O10S4/c1-28(2)19-33(21-31(6)63)43(65)61-39(25-73)49(71)56-34(11-8-9-12-41(51)52)44(66)60-38(23-42(53)64)48(70)62-40-27-76-17-10-16-75-26-30(5)55-46(68)37(22-32-13-15-54-24-32)59-47(69)36(20-29(3)4)58-45(67)35(14-18-74-7)57-50(40)72/h15,24,28-30,33-40,73H,8-14,16-23,25-27H2,1-7H3,(H3,51,52)(H2,53,64)(H,55,68)(H,56,71)(H,57,72)(H,58,67)(H,59,69)(H,60,66)(H,61,65)(H,62,70)/t30-,33-,34+,35-,36+,37-,38+,39+,40?/m1/s1. The zero-order valence-electron chi connectivity index (χ0n) is 45.1. The molecule has 0 aromatic carbocycles. The molecule has 0 spiro atoms. The number of carbonyl (C=O) groups excluding carboxylic acids is 10. The lowest BCUT2D eigenvalue weighted by Gasteiger charge is -2.28. The smallest absolute Gasteiger partial charge is 0.244 e. The van der Waals surface area contributed by atoms with Gasteiger partial charge in [-0.15, -0.1) is 0 Å². The van der Waals surface area contributed by atoms with Crippen LogP contribution in [0.25, 0.3) is 0 Å². The van der Waals surface area contributed by atoms with Crippen molar-refractivity contribution in [3.63, 3.8) is 0 Å². The van der Waals surface area contributed by atoms with Gasteiger partial charge in [-0.2, -0.15) is 47.9 Å². The summed E-state index contributed by atoms with van der Waals surface area (Å²) in [6.45, 7) is 10.8. The Morgan fingerprint density at radius 1 is 0.789 bits per heavy atom. The summed E-state index contributed by atoms with van der Waals surface area (Å²) in [5, 5.41) is 29.6. The zero-order valence-corrected chi connectivity index (χ0v) is 48.4. The monoisotopic (exact) mass is 1140 g/mol. The minimum absolute atomic E-state index is 0.000156. The van der Waals surface area contributed by atoms with Crippen LogP contribution in [0.15, 0.2) is 16.8 Å². The third-order valence-corrected chi connectivity index (χ3v) is 15.5. The van der Waals surface area contributed by atoms with Gasteiger partial charge in [0.25, 0.3) is 0 Å². The van der Waals surface area contributed by atoms with Gasteiger partial charge in [-0.05, 0) is 99.7 Å². The fraction of sp³-hybridized carbons (Fsp3) is 0.720. The molecule has 2 rings (SSSR count). The number of nitrogens with two attached hydrogens (primary N) is 2. The fourth-order valence-corrected chi connectivity index (χ4v) is 11.0. The van der Waals surface area contributed by atoms with Gasteiger partial charge >= 0.3 is 0 Å². The Kier molecular flexibility index (Phi) is 32.1. The first-order valence-electron chi connectivity index (χ1n) is 25.9. The summed E-state index contributed by atoms with van der Waals surface area (Å²) in [6, 6.07) is -9.08. The maximum absolute atomic E-state index is 14.4. The van der Waals surface area contributed by atoms with Gasteiger partial charge in [0, 0.05) is 60.9 Å². The number of hydrogen-bond donors (Lipinski definition) is 12. The predicted octanol–water partition coefficient (Wildman–Crippen LogP) is 1.25. The normalized spacial score (nSPS) is 21.8. The first-order chi connectivity index (χ1) is 35.9. The molecule has 1 saturated heterocycles. The lowest BCUT2D eigenvalue weighted by Crippen LogP contribution is -2.61. The van der Waals surface area contributed by atoms with E-state index in [0.717, 1.165) is 5.57 Å². The van der Waals surface area contributed by atoms with E-state index in [4.69, 9.17) is 16.9 Å². The molecule has 0 aromatic rings. The number of carbonyl (C=O) groups is 10. The number of rotatable bonds is 27. The average molecular weight is 1140 g/mol. The Labute approximate surface area is 466 Å². The Balaban J connectivity index is 2.49. The summed E-state index contributed by atoms with van der Waals surface area (Å²) >= 11 is 8.65. The van der Waals surface area contributed by atoms with Crippen molar-refractivity contribution in [1.29, 1.82) is 5.41 Å². The molecule has 428 valence electrons. The number of nitrogens with zero attached hydrogens (tertiary/aromatic N) is 1. The number of Topliss-reactive ketones (excluding diaryl/α,β-unsaturated/α-hetero) is 1. The molecule has 9 amide bonds.